The summed E-state index contributed by atoms with van der Waals surface area (Å²) in [7, 11) is 2.04. The monoisotopic (exact) mass is 418 g/mol. The van der Waals surface area contributed by atoms with Crippen molar-refractivity contribution >= 4 is 33.5 Å². The van der Waals surface area contributed by atoms with Crippen LogP contribution in [0.1, 0.15) is 43.5 Å². The van der Waals surface area contributed by atoms with Gasteiger partial charge < -0.3 is 14.1 Å². The maximum Gasteiger partial charge on any atom is 0.346 e. The highest BCUT2D eigenvalue weighted by atomic mass is 16.5. The van der Waals surface area contributed by atoms with Crippen LogP contribution in [-0.2, 0) is 4.74 Å². The van der Waals surface area contributed by atoms with Gasteiger partial charge in [-0.25, -0.2) is 9.78 Å². The number of esters is 1. The topological polar surface area (TPSA) is 72.6 Å². The van der Waals surface area contributed by atoms with Gasteiger partial charge in [-0.2, -0.15) is 0 Å². The summed E-state index contributed by atoms with van der Waals surface area (Å²) in [5.74, 6) is -0.526. The molecule has 0 N–H and O–H groups in total. The molecule has 0 saturated heterocycles. The summed E-state index contributed by atoms with van der Waals surface area (Å²) in [4.78, 5) is 32.7. The molecule has 2 aliphatic rings. The van der Waals surface area contributed by atoms with Crippen LogP contribution in [0.3, 0.4) is 0 Å². The molecule has 31 heavy (non-hydrogen) atoms. The maximum absolute atomic E-state index is 13.1. The number of ether oxygens (including phenoxy) is 1. The quantitative estimate of drug-likeness (QED) is 0.177. The molecule has 0 saturated carbocycles. The van der Waals surface area contributed by atoms with Gasteiger partial charge in [0.1, 0.15) is 11.2 Å². The molecular weight excluding hydrogens is 392 g/mol. The second-order valence-electron chi connectivity index (χ2n) is 7.64. The number of anilines is 1. The molecular formula is C25H26N2O4. The Hall–Kier alpha value is -3.41. The van der Waals surface area contributed by atoms with E-state index in [-0.39, 0.29) is 17.9 Å². The van der Waals surface area contributed by atoms with Crippen molar-refractivity contribution in [1.82, 2.24) is 4.98 Å². The van der Waals surface area contributed by atoms with E-state index in [0.29, 0.717) is 27.6 Å². The van der Waals surface area contributed by atoms with Crippen molar-refractivity contribution in [3.8, 4) is 11.5 Å². The standard InChI is InChI=1S/C25H26N2O4/c1-4-6-9-14-27(3)16-12-13-19-20(15-16)31-24-21(25(29)30-5-2)23(28)18-11-8-7-10-17(18)22(24)26-19/h7-8,10-13,15H,4-6,9,14H2,1-3H3. The zero-order valence-corrected chi connectivity index (χ0v) is 18.1. The summed E-state index contributed by atoms with van der Waals surface area (Å²) in [5, 5.41) is 1.08. The SMILES string of the molecule is CCCCCN(C)c1ccc2nc3c4ccccc4c(=O)c(C(=O)OCC)c-3oc2c1. The minimum Gasteiger partial charge on any atom is -0.462 e. The van der Waals surface area contributed by atoms with Crippen LogP contribution in [-0.4, -0.2) is 31.2 Å². The number of unbranched alkanes of at least 4 members (excludes halogenated alkanes) is 2. The summed E-state index contributed by atoms with van der Waals surface area (Å²) in [5.41, 5.74) is 2.15. The van der Waals surface area contributed by atoms with Crippen LogP contribution >= 0.6 is 0 Å². The third kappa shape index (κ3) is 3.85. The smallest absolute Gasteiger partial charge is 0.346 e. The molecule has 160 valence electrons. The minimum absolute atomic E-state index is 0.105. The van der Waals surface area contributed by atoms with Crippen molar-refractivity contribution < 1.29 is 13.9 Å². The Morgan fingerprint density at radius 1 is 1.10 bits per heavy atom. The molecule has 2 aromatic rings. The van der Waals surface area contributed by atoms with Gasteiger partial charge in [0.25, 0.3) is 0 Å². The predicted octanol–water partition coefficient (Wildman–Crippen LogP) is 5.25. The average Bonchev–Trinajstić information content (AvgIpc) is 2.78. The zero-order chi connectivity index (χ0) is 22.0. The number of carbonyl (C=O) groups excluding carboxylic acids is 1. The van der Waals surface area contributed by atoms with Crippen LogP contribution in [0, 0.1) is 0 Å². The fraction of sp³-hybridized carbons (Fsp3) is 0.320. The Kier molecular flexibility index (Phi) is 5.89. The van der Waals surface area contributed by atoms with Gasteiger partial charge in [0.05, 0.1) is 6.61 Å². The lowest BCUT2D eigenvalue weighted by atomic mass is 9.99. The van der Waals surface area contributed by atoms with E-state index < -0.39 is 11.4 Å². The van der Waals surface area contributed by atoms with Crippen LogP contribution in [0.15, 0.2) is 51.7 Å². The van der Waals surface area contributed by atoms with Gasteiger partial charge in [0, 0.05) is 36.1 Å². The fourth-order valence-corrected chi connectivity index (χ4v) is 3.84. The number of fused-ring (bicyclic) bond motifs is 4. The molecule has 6 nitrogen and oxygen atoms in total. The van der Waals surface area contributed by atoms with Gasteiger partial charge in [-0.1, -0.05) is 44.0 Å². The molecule has 0 amide bonds. The Morgan fingerprint density at radius 3 is 2.61 bits per heavy atom. The molecule has 2 aromatic carbocycles. The first-order valence-electron chi connectivity index (χ1n) is 10.7. The summed E-state index contributed by atoms with van der Waals surface area (Å²) >= 11 is 0. The van der Waals surface area contributed by atoms with Crippen molar-refractivity contribution in [2.24, 2.45) is 0 Å². The Balaban J connectivity index is 1.94. The number of aromatic nitrogens is 1. The van der Waals surface area contributed by atoms with Crippen LogP contribution in [0.4, 0.5) is 5.69 Å². The number of carbonyl (C=O) groups is 1. The van der Waals surface area contributed by atoms with Crippen molar-refractivity contribution in [2.75, 3.05) is 25.1 Å². The largest absolute Gasteiger partial charge is 0.462 e. The highest BCUT2D eigenvalue weighted by molar-refractivity contribution is 6.06. The van der Waals surface area contributed by atoms with E-state index in [0.717, 1.165) is 18.7 Å². The van der Waals surface area contributed by atoms with E-state index in [4.69, 9.17) is 14.1 Å². The molecule has 0 atom stereocenters. The van der Waals surface area contributed by atoms with E-state index in [9.17, 15) is 9.59 Å². The first-order valence-corrected chi connectivity index (χ1v) is 10.7. The highest BCUT2D eigenvalue weighted by Crippen LogP contribution is 2.34. The normalized spacial score (nSPS) is 11.3. The van der Waals surface area contributed by atoms with Crippen LogP contribution < -0.4 is 10.3 Å². The Morgan fingerprint density at radius 2 is 1.87 bits per heavy atom. The number of rotatable bonds is 7. The molecule has 1 heterocycles. The fourth-order valence-electron chi connectivity index (χ4n) is 3.84. The summed E-state index contributed by atoms with van der Waals surface area (Å²) < 4.78 is 11.3. The molecule has 0 fully saturated rings. The van der Waals surface area contributed by atoms with E-state index in [1.165, 1.54) is 12.8 Å². The Labute approximate surface area is 180 Å². The van der Waals surface area contributed by atoms with E-state index in [2.05, 4.69) is 11.8 Å². The molecule has 0 radical (unpaired) electrons. The molecule has 0 spiro atoms. The zero-order valence-electron chi connectivity index (χ0n) is 18.1. The molecule has 4 rings (SSSR count). The van der Waals surface area contributed by atoms with E-state index in [1.54, 1.807) is 19.1 Å². The minimum atomic E-state index is -0.694. The summed E-state index contributed by atoms with van der Waals surface area (Å²) in [6, 6.07) is 12.9. The number of hydrogen-bond donors (Lipinski definition) is 0. The van der Waals surface area contributed by atoms with Gasteiger partial charge in [-0.15, -0.1) is 0 Å². The lowest BCUT2D eigenvalue weighted by molar-refractivity contribution is 0.0524. The molecule has 1 aliphatic heterocycles. The average molecular weight is 418 g/mol. The van der Waals surface area contributed by atoms with Gasteiger partial charge in [0.2, 0.25) is 5.43 Å². The predicted molar refractivity (Wildman–Crippen MR) is 123 cm³/mol. The molecule has 0 aromatic heterocycles. The number of benzene rings is 3. The van der Waals surface area contributed by atoms with Crippen LogP contribution in [0.2, 0.25) is 0 Å². The van der Waals surface area contributed by atoms with Crippen LogP contribution in [0.25, 0.3) is 33.3 Å². The third-order valence-corrected chi connectivity index (χ3v) is 5.50. The lowest BCUT2D eigenvalue weighted by Crippen LogP contribution is -2.20. The van der Waals surface area contributed by atoms with Crippen molar-refractivity contribution in [3.63, 3.8) is 0 Å². The van der Waals surface area contributed by atoms with E-state index in [1.807, 2.05) is 37.4 Å². The van der Waals surface area contributed by atoms with Crippen LogP contribution in [0.5, 0.6) is 0 Å². The molecule has 0 unspecified atom stereocenters. The van der Waals surface area contributed by atoms with E-state index >= 15 is 0 Å². The Bertz CT molecular complexity index is 1280. The van der Waals surface area contributed by atoms with Gasteiger partial charge in [-0.05, 0) is 25.5 Å². The summed E-state index contributed by atoms with van der Waals surface area (Å²) in [6.45, 7) is 4.99. The molecule has 0 bridgehead atoms. The highest BCUT2D eigenvalue weighted by Gasteiger charge is 2.27. The third-order valence-electron chi connectivity index (χ3n) is 5.50. The van der Waals surface area contributed by atoms with Gasteiger partial charge >= 0.3 is 5.97 Å². The first kappa shape index (κ1) is 20.8. The number of hydrogen-bond acceptors (Lipinski definition) is 6. The van der Waals surface area contributed by atoms with Crippen molar-refractivity contribution in [2.45, 2.75) is 33.1 Å². The second-order valence-corrected chi connectivity index (χ2v) is 7.64. The number of nitrogens with zero attached hydrogens (tertiary/aromatic N) is 2. The second kappa shape index (κ2) is 8.76. The van der Waals surface area contributed by atoms with Crippen molar-refractivity contribution in [1.29, 1.82) is 0 Å². The lowest BCUT2D eigenvalue weighted by Gasteiger charge is -2.20. The van der Waals surface area contributed by atoms with Crippen molar-refractivity contribution in [3.05, 3.63) is 58.3 Å². The molecule has 6 heteroatoms. The maximum atomic E-state index is 13.1. The van der Waals surface area contributed by atoms with Gasteiger partial charge in [0.15, 0.2) is 16.9 Å². The first-order chi connectivity index (χ1) is 15.0. The van der Waals surface area contributed by atoms with Gasteiger partial charge in [-0.3, -0.25) is 4.79 Å². The summed E-state index contributed by atoms with van der Waals surface area (Å²) in [6.07, 6.45) is 3.45. The molecule has 1 aliphatic carbocycles.